The Kier molecular flexibility index (Phi) is 4.95. The van der Waals surface area contributed by atoms with Crippen LogP contribution in [0.25, 0.3) is 27.5 Å². The lowest BCUT2D eigenvalue weighted by Gasteiger charge is -2.46. The molecule has 1 heteroatoms. The number of benzene rings is 5. The Morgan fingerprint density at radius 3 is 1.71 bits per heavy atom. The quantitative estimate of drug-likeness (QED) is 0.213. The zero-order chi connectivity index (χ0) is 28.3. The van der Waals surface area contributed by atoms with Gasteiger partial charge in [0.05, 0.1) is 22.1 Å². The zero-order valence-electron chi connectivity index (χ0n) is 25.0. The normalized spacial score (nSPS) is 16.4. The lowest BCUT2D eigenvalue weighted by molar-refractivity contribution is 0.610. The molecular weight excluding hydrogens is 494 g/mol. The predicted octanol–water partition coefficient (Wildman–Crippen LogP) is 10.2. The Morgan fingerprint density at radius 2 is 1.15 bits per heavy atom. The summed E-state index contributed by atoms with van der Waals surface area (Å²) in [5, 5.41) is 2.75. The highest BCUT2D eigenvalue weighted by molar-refractivity contribution is 6.15. The van der Waals surface area contributed by atoms with E-state index in [0.717, 1.165) is 6.42 Å². The van der Waals surface area contributed by atoms with Crippen LogP contribution in [0.4, 0.5) is 0 Å². The first kappa shape index (κ1) is 24.7. The summed E-state index contributed by atoms with van der Waals surface area (Å²) in [5.41, 5.74) is 16.0. The molecule has 202 valence electrons. The van der Waals surface area contributed by atoms with Gasteiger partial charge in [-0.25, -0.2) is 0 Å². The Hall–Kier alpha value is -4.10. The summed E-state index contributed by atoms with van der Waals surface area (Å²) in [6.07, 6.45) is 1.12. The summed E-state index contributed by atoms with van der Waals surface area (Å²) in [5.74, 6) is 0.471. The number of hydrogen-bond acceptors (Lipinski definition) is 0. The van der Waals surface area contributed by atoms with Gasteiger partial charge in [0.25, 0.3) is 0 Å². The second kappa shape index (κ2) is 8.23. The van der Waals surface area contributed by atoms with E-state index in [-0.39, 0.29) is 5.41 Å². The van der Waals surface area contributed by atoms with Crippen LogP contribution in [0.5, 0.6) is 0 Å². The molecule has 0 radical (unpaired) electrons. The molecule has 6 aromatic rings. The first-order chi connectivity index (χ1) is 19.8. The van der Waals surface area contributed by atoms with E-state index in [2.05, 4.69) is 143 Å². The minimum absolute atomic E-state index is 0.131. The molecule has 1 unspecified atom stereocenters. The highest BCUT2D eigenvalue weighted by Gasteiger charge is 2.49. The maximum absolute atomic E-state index is 2.66. The summed E-state index contributed by atoms with van der Waals surface area (Å²) in [6, 6.07) is 37.5. The summed E-state index contributed by atoms with van der Waals surface area (Å²) in [6.45, 7) is 14.1. The Balaban J connectivity index is 1.73. The molecule has 8 rings (SSSR count). The van der Waals surface area contributed by atoms with Crippen LogP contribution in [0.1, 0.15) is 90.1 Å². The number of rotatable bonds is 4. The van der Waals surface area contributed by atoms with Crippen molar-refractivity contribution >= 4 is 21.8 Å². The number of fused-ring (bicyclic) bond motifs is 1. The van der Waals surface area contributed by atoms with E-state index in [4.69, 9.17) is 0 Å². The lowest BCUT2D eigenvalue weighted by Crippen LogP contribution is -2.39. The molecule has 0 saturated heterocycles. The lowest BCUT2D eigenvalue weighted by atomic mass is 9.60. The average molecular weight is 532 g/mol. The van der Waals surface area contributed by atoms with E-state index in [1.807, 2.05) is 0 Å². The van der Waals surface area contributed by atoms with Gasteiger partial charge >= 0.3 is 0 Å². The largest absolute Gasteiger partial charge is 0.308 e. The topological polar surface area (TPSA) is 4.93 Å². The fourth-order valence-electron chi connectivity index (χ4n) is 8.18. The molecule has 2 aliphatic heterocycles. The molecule has 0 amide bonds. The van der Waals surface area contributed by atoms with Crippen molar-refractivity contribution < 1.29 is 0 Å². The summed E-state index contributed by atoms with van der Waals surface area (Å²) >= 11 is 0. The second-order valence-corrected chi connectivity index (χ2v) is 13.1. The molecule has 5 aromatic carbocycles. The monoisotopic (exact) mass is 531 g/mol. The van der Waals surface area contributed by atoms with Gasteiger partial charge in [0.15, 0.2) is 0 Å². The van der Waals surface area contributed by atoms with Crippen molar-refractivity contribution in [2.24, 2.45) is 0 Å². The molecule has 2 aliphatic rings. The molecule has 1 aromatic heterocycles. The molecule has 1 atom stereocenters. The van der Waals surface area contributed by atoms with Crippen LogP contribution in [0.15, 0.2) is 97.1 Å². The van der Waals surface area contributed by atoms with E-state index >= 15 is 0 Å². The van der Waals surface area contributed by atoms with E-state index in [1.165, 1.54) is 77.6 Å². The van der Waals surface area contributed by atoms with Crippen LogP contribution in [0.3, 0.4) is 0 Å². The van der Waals surface area contributed by atoms with E-state index in [9.17, 15) is 0 Å². The highest BCUT2D eigenvalue weighted by atomic mass is 15.0. The maximum atomic E-state index is 2.66. The van der Waals surface area contributed by atoms with Crippen molar-refractivity contribution in [3.05, 3.63) is 147 Å². The zero-order valence-corrected chi connectivity index (χ0v) is 25.0. The maximum Gasteiger partial charge on any atom is 0.0742 e. The molecule has 41 heavy (non-hydrogen) atoms. The van der Waals surface area contributed by atoms with Gasteiger partial charge in [-0.3, -0.25) is 0 Å². The van der Waals surface area contributed by atoms with Crippen molar-refractivity contribution in [2.75, 3.05) is 0 Å². The van der Waals surface area contributed by atoms with E-state index in [1.54, 1.807) is 0 Å². The van der Waals surface area contributed by atoms with Crippen LogP contribution >= 0.6 is 0 Å². The minimum Gasteiger partial charge on any atom is -0.308 e. The molecule has 0 fully saturated rings. The van der Waals surface area contributed by atoms with Crippen molar-refractivity contribution in [2.45, 2.75) is 64.7 Å². The minimum atomic E-state index is -0.437. The Bertz CT molecular complexity index is 1980. The summed E-state index contributed by atoms with van der Waals surface area (Å²) in [7, 11) is 0. The molecule has 0 aliphatic carbocycles. The van der Waals surface area contributed by atoms with Gasteiger partial charge in [-0.05, 0) is 77.3 Å². The molecule has 0 saturated carbocycles. The summed E-state index contributed by atoms with van der Waals surface area (Å²) < 4.78 is 2.66. The molecule has 0 bridgehead atoms. The van der Waals surface area contributed by atoms with Gasteiger partial charge in [-0.1, -0.05) is 124 Å². The first-order valence-corrected chi connectivity index (χ1v) is 15.2. The van der Waals surface area contributed by atoms with Gasteiger partial charge in [0.2, 0.25) is 0 Å². The van der Waals surface area contributed by atoms with E-state index in [0.29, 0.717) is 5.92 Å². The molecular formula is C40H37N. The predicted molar refractivity (Wildman–Crippen MR) is 173 cm³/mol. The molecule has 3 heterocycles. The SMILES string of the molecule is CCC(C)c1cc2c3c(c1)C(c1ccccc1)(c1ccccc1)c1cc(C)cc4c5cc(C)cc(c5n-3c14)C2(C)C. The number of nitrogens with zero attached hydrogens (tertiary/aromatic N) is 1. The van der Waals surface area contributed by atoms with Gasteiger partial charge in [-0.2, -0.15) is 0 Å². The van der Waals surface area contributed by atoms with Gasteiger partial charge < -0.3 is 4.57 Å². The van der Waals surface area contributed by atoms with Crippen molar-refractivity contribution in [1.82, 2.24) is 4.57 Å². The van der Waals surface area contributed by atoms with Crippen LogP contribution in [0.2, 0.25) is 0 Å². The van der Waals surface area contributed by atoms with Crippen LogP contribution < -0.4 is 0 Å². The molecule has 1 nitrogen and oxygen atoms in total. The van der Waals surface area contributed by atoms with Gasteiger partial charge in [0.1, 0.15) is 0 Å². The number of aryl methyl sites for hydroxylation is 2. The third-order valence-corrected chi connectivity index (χ3v) is 10.4. The van der Waals surface area contributed by atoms with Crippen LogP contribution in [-0.4, -0.2) is 4.57 Å². The first-order valence-electron chi connectivity index (χ1n) is 15.2. The third kappa shape index (κ3) is 2.97. The molecule has 0 N–H and O–H groups in total. The van der Waals surface area contributed by atoms with Crippen molar-refractivity contribution in [3.8, 4) is 5.69 Å². The van der Waals surface area contributed by atoms with Gasteiger partial charge in [-0.15, -0.1) is 0 Å². The highest BCUT2D eigenvalue weighted by Crippen LogP contribution is 2.59. The van der Waals surface area contributed by atoms with Crippen molar-refractivity contribution in [3.63, 3.8) is 0 Å². The fraction of sp³-hybridized carbons (Fsp3) is 0.250. The van der Waals surface area contributed by atoms with Crippen LogP contribution in [-0.2, 0) is 10.8 Å². The smallest absolute Gasteiger partial charge is 0.0742 e. The second-order valence-electron chi connectivity index (χ2n) is 13.1. The number of aromatic nitrogens is 1. The van der Waals surface area contributed by atoms with Gasteiger partial charge in [0, 0.05) is 16.2 Å². The van der Waals surface area contributed by atoms with Crippen molar-refractivity contribution in [1.29, 1.82) is 0 Å². The number of hydrogen-bond donors (Lipinski definition) is 0. The van der Waals surface area contributed by atoms with E-state index < -0.39 is 5.41 Å². The Labute approximate surface area is 243 Å². The standard InChI is InChI=1S/C40H37N/c1-7-26(4)27-22-33-38-35(23-27)40(28-14-10-8-11-15-28,29-16-12-9-13-17-29)34-21-25(3)19-31-30-18-24(2)20-32(39(33,5)6)36(30)41(38)37(31)34/h8-23,26H,7H2,1-6H3. The molecule has 0 spiro atoms. The Morgan fingerprint density at radius 1 is 0.634 bits per heavy atom. The van der Waals surface area contributed by atoms with Crippen LogP contribution in [0, 0.1) is 13.8 Å². The fourth-order valence-corrected chi connectivity index (χ4v) is 8.18. The summed E-state index contributed by atoms with van der Waals surface area (Å²) in [4.78, 5) is 0. The average Bonchev–Trinajstić information content (AvgIpc) is 3.30. The third-order valence-electron chi connectivity index (χ3n) is 10.4.